The second kappa shape index (κ2) is 7.14. The van der Waals surface area contributed by atoms with Gasteiger partial charge in [-0.05, 0) is 13.8 Å². The van der Waals surface area contributed by atoms with E-state index in [9.17, 15) is 5.11 Å². The number of aliphatic hydroxyl groups is 1. The predicted molar refractivity (Wildman–Crippen MR) is 90.3 cm³/mol. The van der Waals surface area contributed by atoms with Crippen LogP contribution in [-0.2, 0) is 13.1 Å². The van der Waals surface area contributed by atoms with Gasteiger partial charge in [-0.1, -0.05) is 0 Å². The maximum absolute atomic E-state index is 10.3. The van der Waals surface area contributed by atoms with E-state index in [-0.39, 0.29) is 6.10 Å². The predicted octanol–water partition coefficient (Wildman–Crippen LogP) is 1.90. The zero-order valence-electron chi connectivity index (χ0n) is 13.0. The van der Waals surface area contributed by atoms with Crippen LogP contribution in [0.1, 0.15) is 21.4 Å². The van der Waals surface area contributed by atoms with Gasteiger partial charge in [0, 0.05) is 48.3 Å². The van der Waals surface area contributed by atoms with Crippen molar-refractivity contribution < 1.29 is 5.11 Å². The first kappa shape index (κ1) is 16.0. The molecule has 1 fully saturated rings. The van der Waals surface area contributed by atoms with Crippen molar-refractivity contribution >= 4 is 22.7 Å². The lowest BCUT2D eigenvalue weighted by Crippen LogP contribution is -2.33. The minimum Gasteiger partial charge on any atom is -0.390 e. The van der Waals surface area contributed by atoms with Gasteiger partial charge >= 0.3 is 0 Å². The molecule has 120 valence electrons. The zero-order valence-corrected chi connectivity index (χ0v) is 14.7. The van der Waals surface area contributed by atoms with Gasteiger partial charge < -0.3 is 5.11 Å². The molecule has 1 saturated heterocycles. The summed E-state index contributed by atoms with van der Waals surface area (Å²) in [4.78, 5) is 13.6. The molecule has 0 spiro atoms. The highest BCUT2D eigenvalue weighted by Gasteiger charge is 2.22. The van der Waals surface area contributed by atoms with Gasteiger partial charge in [-0.3, -0.25) is 9.80 Å². The number of hydrogen-bond donors (Lipinski definition) is 1. The molecule has 2 aromatic heterocycles. The fourth-order valence-corrected chi connectivity index (χ4v) is 4.37. The molecule has 1 N–H and O–H groups in total. The van der Waals surface area contributed by atoms with Crippen molar-refractivity contribution in [2.75, 3.05) is 26.2 Å². The number of hydrogen-bond acceptors (Lipinski definition) is 7. The Labute approximate surface area is 139 Å². The van der Waals surface area contributed by atoms with E-state index in [2.05, 4.69) is 30.5 Å². The summed E-state index contributed by atoms with van der Waals surface area (Å²) in [6, 6.07) is 0. The van der Waals surface area contributed by atoms with E-state index in [1.54, 1.807) is 22.7 Å². The summed E-state index contributed by atoms with van der Waals surface area (Å²) in [5, 5.41) is 16.7. The Balaban J connectivity index is 1.57. The number of rotatable bonds is 4. The second-order valence-corrected chi connectivity index (χ2v) is 7.77. The lowest BCUT2D eigenvalue weighted by atomic mass is 10.3. The Kier molecular flexibility index (Phi) is 5.20. The van der Waals surface area contributed by atoms with Gasteiger partial charge in [0.2, 0.25) is 0 Å². The van der Waals surface area contributed by atoms with E-state index < -0.39 is 0 Å². The van der Waals surface area contributed by atoms with Crippen LogP contribution in [0.15, 0.2) is 10.8 Å². The van der Waals surface area contributed by atoms with Crippen LogP contribution < -0.4 is 0 Å². The molecular weight excluding hydrogens is 316 g/mol. The topological polar surface area (TPSA) is 52.5 Å². The largest absolute Gasteiger partial charge is 0.390 e. The number of β-amino-alcohol motifs (C(OH)–C–C–N with tert-alkyl or cyclic N) is 1. The van der Waals surface area contributed by atoms with Crippen molar-refractivity contribution in [3.05, 3.63) is 32.2 Å². The van der Waals surface area contributed by atoms with E-state index in [0.717, 1.165) is 47.6 Å². The first-order chi connectivity index (χ1) is 10.6. The number of aliphatic hydroxyl groups excluding tert-OH is 1. The highest BCUT2D eigenvalue weighted by Crippen LogP contribution is 2.16. The van der Waals surface area contributed by atoms with Crippen LogP contribution in [0.5, 0.6) is 0 Å². The van der Waals surface area contributed by atoms with Crippen molar-refractivity contribution in [3.63, 3.8) is 0 Å². The summed E-state index contributed by atoms with van der Waals surface area (Å²) >= 11 is 3.40. The average molecular weight is 339 g/mol. The van der Waals surface area contributed by atoms with Gasteiger partial charge in [0.25, 0.3) is 0 Å². The molecule has 1 aliphatic rings. The van der Waals surface area contributed by atoms with Gasteiger partial charge in [-0.15, -0.1) is 22.7 Å². The summed E-state index contributed by atoms with van der Waals surface area (Å²) < 4.78 is 0. The molecule has 0 radical (unpaired) electrons. The molecule has 0 unspecified atom stereocenters. The van der Waals surface area contributed by atoms with Crippen LogP contribution in [0.25, 0.3) is 0 Å². The Morgan fingerprint density at radius 2 is 1.45 bits per heavy atom. The first-order valence-electron chi connectivity index (χ1n) is 7.53. The third-order valence-corrected chi connectivity index (χ3v) is 5.62. The molecule has 3 rings (SSSR count). The highest BCUT2D eigenvalue weighted by molar-refractivity contribution is 7.09. The Morgan fingerprint density at radius 3 is 1.82 bits per heavy atom. The van der Waals surface area contributed by atoms with E-state index >= 15 is 0 Å². The molecule has 1 aliphatic heterocycles. The fraction of sp³-hybridized carbons (Fsp3) is 0.600. The highest BCUT2D eigenvalue weighted by atomic mass is 32.1. The van der Waals surface area contributed by atoms with Gasteiger partial charge in [0.1, 0.15) is 10.0 Å². The van der Waals surface area contributed by atoms with E-state index in [4.69, 9.17) is 0 Å². The van der Waals surface area contributed by atoms with Crippen molar-refractivity contribution in [1.29, 1.82) is 0 Å². The SMILES string of the molecule is Cc1csc(CN2CCN(Cc3nc(C)cs3)CC(O)C2)n1. The van der Waals surface area contributed by atoms with Gasteiger partial charge in [-0.2, -0.15) is 0 Å². The third-order valence-electron chi connectivity index (χ3n) is 3.72. The smallest absolute Gasteiger partial charge is 0.107 e. The van der Waals surface area contributed by atoms with E-state index in [1.165, 1.54) is 0 Å². The van der Waals surface area contributed by atoms with Crippen LogP contribution in [0.4, 0.5) is 0 Å². The maximum atomic E-state index is 10.3. The molecule has 3 heterocycles. The summed E-state index contributed by atoms with van der Waals surface area (Å²) in [7, 11) is 0. The molecule has 0 saturated carbocycles. The summed E-state index contributed by atoms with van der Waals surface area (Å²) in [5.74, 6) is 0. The Morgan fingerprint density at radius 1 is 1.00 bits per heavy atom. The van der Waals surface area contributed by atoms with Crippen LogP contribution in [0.2, 0.25) is 0 Å². The number of thiazole rings is 2. The molecular formula is C15H22N4OS2. The monoisotopic (exact) mass is 338 g/mol. The van der Waals surface area contributed by atoms with Crippen LogP contribution in [-0.4, -0.2) is 57.2 Å². The molecule has 0 aromatic carbocycles. The van der Waals surface area contributed by atoms with Crippen molar-refractivity contribution in [2.45, 2.75) is 33.0 Å². The van der Waals surface area contributed by atoms with Crippen LogP contribution >= 0.6 is 22.7 Å². The van der Waals surface area contributed by atoms with Crippen LogP contribution in [0, 0.1) is 13.8 Å². The Bertz CT molecular complexity index is 560. The lowest BCUT2D eigenvalue weighted by molar-refractivity contribution is 0.106. The van der Waals surface area contributed by atoms with E-state index in [0.29, 0.717) is 13.1 Å². The number of nitrogens with zero attached hydrogens (tertiary/aromatic N) is 4. The third kappa shape index (κ3) is 4.33. The molecule has 5 nitrogen and oxygen atoms in total. The van der Waals surface area contributed by atoms with Gasteiger partial charge in [0.05, 0.1) is 19.2 Å². The van der Waals surface area contributed by atoms with Crippen molar-refractivity contribution in [2.24, 2.45) is 0 Å². The normalized spacial score (nSPS) is 18.7. The molecule has 0 aliphatic carbocycles. The molecule has 0 atom stereocenters. The minimum atomic E-state index is -0.315. The Hall–Kier alpha value is -0.860. The molecule has 2 aromatic rings. The molecule has 22 heavy (non-hydrogen) atoms. The number of aromatic nitrogens is 2. The van der Waals surface area contributed by atoms with Crippen molar-refractivity contribution in [1.82, 2.24) is 19.8 Å². The summed E-state index contributed by atoms with van der Waals surface area (Å²) in [6.07, 6.45) is -0.315. The fourth-order valence-electron chi connectivity index (χ4n) is 2.74. The lowest BCUT2D eigenvalue weighted by Gasteiger charge is -2.19. The van der Waals surface area contributed by atoms with Crippen LogP contribution in [0.3, 0.4) is 0 Å². The number of aryl methyl sites for hydroxylation is 2. The quantitative estimate of drug-likeness (QED) is 0.923. The first-order valence-corrected chi connectivity index (χ1v) is 9.29. The minimum absolute atomic E-state index is 0.315. The molecule has 0 bridgehead atoms. The molecule has 0 amide bonds. The van der Waals surface area contributed by atoms with Gasteiger partial charge in [-0.25, -0.2) is 9.97 Å². The summed E-state index contributed by atoms with van der Waals surface area (Å²) in [5.41, 5.74) is 2.16. The standard InChI is InChI=1S/C15H22N4OS2/c1-11-9-21-14(16-11)7-18-3-4-19(6-13(20)5-18)8-15-17-12(2)10-22-15/h9-10,13,20H,3-8H2,1-2H3. The van der Waals surface area contributed by atoms with Crippen molar-refractivity contribution in [3.8, 4) is 0 Å². The average Bonchev–Trinajstić information content (AvgIpc) is 2.99. The van der Waals surface area contributed by atoms with E-state index in [1.807, 2.05) is 13.8 Å². The maximum Gasteiger partial charge on any atom is 0.107 e. The van der Waals surface area contributed by atoms with Gasteiger partial charge in [0.15, 0.2) is 0 Å². The zero-order chi connectivity index (χ0) is 15.5. The second-order valence-electron chi connectivity index (χ2n) is 5.89. The summed E-state index contributed by atoms with van der Waals surface area (Å²) in [6.45, 7) is 9.06. The molecule has 7 heteroatoms.